The second-order valence-corrected chi connectivity index (χ2v) is 6.71. The van der Waals surface area contributed by atoms with Gasteiger partial charge in [-0.1, -0.05) is 17.4 Å². The monoisotopic (exact) mass is 387 g/mol. The summed E-state index contributed by atoms with van der Waals surface area (Å²) in [7, 11) is 1.41. The Morgan fingerprint density at radius 3 is 2.93 bits per heavy atom. The molecule has 1 aliphatic rings. The highest BCUT2D eigenvalue weighted by molar-refractivity contribution is 7.22. The zero-order valence-electron chi connectivity index (χ0n) is 14.1. The molecule has 1 N–H and O–H groups in total. The van der Waals surface area contributed by atoms with Crippen LogP contribution < -0.4 is 19.5 Å². The number of nitro groups is 1. The quantitative estimate of drug-likeness (QED) is 0.528. The van der Waals surface area contributed by atoms with Crippen LogP contribution in [0.1, 0.15) is 5.56 Å². The molecule has 2 heterocycles. The van der Waals surface area contributed by atoms with Crippen LogP contribution in [-0.4, -0.2) is 29.7 Å². The molecule has 9 nitrogen and oxygen atoms in total. The van der Waals surface area contributed by atoms with E-state index in [4.69, 9.17) is 14.2 Å². The Hall–Kier alpha value is -3.40. The first-order valence-corrected chi connectivity index (χ1v) is 8.66. The van der Waals surface area contributed by atoms with E-state index in [9.17, 15) is 14.9 Å². The van der Waals surface area contributed by atoms with E-state index in [1.807, 2.05) is 0 Å². The number of carbonyl (C=O) groups excluding carboxylic acids is 1. The Bertz CT molecular complexity index is 1060. The third kappa shape index (κ3) is 3.34. The highest BCUT2D eigenvalue weighted by atomic mass is 32.1. The highest BCUT2D eigenvalue weighted by Crippen LogP contribution is 2.36. The van der Waals surface area contributed by atoms with E-state index in [-0.39, 0.29) is 30.6 Å². The number of rotatable bonds is 5. The van der Waals surface area contributed by atoms with Gasteiger partial charge >= 0.3 is 0 Å². The topological polar surface area (TPSA) is 113 Å². The summed E-state index contributed by atoms with van der Waals surface area (Å²) in [6.07, 6.45) is 0.129. The fourth-order valence-electron chi connectivity index (χ4n) is 2.70. The van der Waals surface area contributed by atoms with Crippen molar-refractivity contribution >= 4 is 38.3 Å². The number of hydrogen-bond acceptors (Lipinski definition) is 8. The number of non-ortho nitro benzene ring substituents is 1. The Morgan fingerprint density at radius 2 is 2.15 bits per heavy atom. The van der Waals surface area contributed by atoms with Crippen LogP contribution in [0, 0.1) is 10.1 Å². The summed E-state index contributed by atoms with van der Waals surface area (Å²) in [6.45, 7) is 0.171. The minimum atomic E-state index is -0.500. The molecule has 0 saturated carbocycles. The van der Waals surface area contributed by atoms with Crippen LogP contribution in [0.15, 0.2) is 30.3 Å². The molecule has 0 aliphatic carbocycles. The number of nitrogens with zero attached hydrogens (tertiary/aromatic N) is 2. The van der Waals surface area contributed by atoms with Gasteiger partial charge in [-0.2, -0.15) is 0 Å². The summed E-state index contributed by atoms with van der Waals surface area (Å²) in [6, 6.07) is 8.01. The molecule has 0 unspecified atom stereocenters. The summed E-state index contributed by atoms with van der Waals surface area (Å²) in [5.74, 6) is 1.28. The van der Waals surface area contributed by atoms with E-state index in [0.717, 1.165) is 16.9 Å². The number of thiazole rings is 1. The lowest BCUT2D eigenvalue weighted by molar-refractivity contribution is -0.384. The second kappa shape index (κ2) is 6.72. The van der Waals surface area contributed by atoms with E-state index in [1.165, 1.54) is 19.2 Å². The van der Waals surface area contributed by atoms with Gasteiger partial charge in [0.2, 0.25) is 12.7 Å². The minimum absolute atomic E-state index is 0.0961. The fraction of sp³-hybridized carbons (Fsp3) is 0.176. The fourth-order valence-corrected chi connectivity index (χ4v) is 3.63. The number of amides is 1. The molecule has 0 atom stereocenters. The van der Waals surface area contributed by atoms with Gasteiger partial charge in [-0.05, 0) is 17.7 Å². The molecule has 1 aromatic heterocycles. The van der Waals surface area contributed by atoms with Crippen molar-refractivity contribution in [1.29, 1.82) is 0 Å². The van der Waals surface area contributed by atoms with Gasteiger partial charge in [-0.25, -0.2) is 4.98 Å². The van der Waals surface area contributed by atoms with Crippen molar-refractivity contribution in [2.75, 3.05) is 19.2 Å². The lowest BCUT2D eigenvalue weighted by atomic mass is 10.1. The standard InChI is InChI=1S/C17H13N3O6S/c1-24-13-6-10(20(22)23)7-14-16(13)19-17(27-14)18-15(21)5-9-2-3-11-12(4-9)26-8-25-11/h2-4,6-7H,5,8H2,1H3,(H,18,19,21). The summed E-state index contributed by atoms with van der Waals surface area (Å²) in [5.41, 5.74) is 1.14. The highest BCUT2D eigenvalue weighted by Gasteiger charge is 2.18. The lowest BCUT2D eigenvalue weighted by Crippen LogP contribution is -2.14. The van der Waals surface area contributed by atoms with Gasteiger partial charge in [0, 0.05) is 6.07 Å². The van der Waals surface area contributed by atoms with E-state index in [1.54, 1.807) is 18.2 Å². The van der Waals surface area contributed by atoms with Crippen LogP contribution in [0.2, 0.25) is 0 Å². The lowest BCUT2D eigenvalue weighted by Gasteiger charge is -2.03. The molecule has 0 bridgehead atoms. The minimum Gasteiger partial charge on any atom is -0.494 e. The molecule has 0 spiro atoms. The molecule has 138 valence electrons. The first-order valence-electron chi connectivity index (χ1n) is 7.85. The van der Waals surface area contributed by atoms with Crippen molar-refractivity contribution in [2.24, 2.45) is 0 Å². The average Bonchev–Trinajstić information content (AvgIpc) is 3.25. The molecule has 1 aliphatic heterocycles. The first kappa shape index (κ1) is 17.0. The van der Waals surface area contributed by atoms with Crippen LogP contribution in [0.25, 0.3) is 10.2 Å². The van der Waals surface area contributed by atoms with Crippen LogP contribution in [-0.2, 0) is 11.2 Å². The van der Waals surface area contributed by atoms with Crippen molar-refractivity contribution in [1.82, 2.24) is 4.98 Å². The molecule has 4 rings (SSSR count). The van der Waals surface area contributed by atoms with Crippen molar-refractivity contribution in [3.63, 3.8) is 0 Å². The summed E-state index contributed by atoms with van der Waals surface area (Å²) in [4.78, 5) is 27.2. The number of hydrogen-bond donors (Lipinski definition) is 1. The van der Waals surface area contributed by atoms with Crippen LogP contribution in [0.3, 0.4) is 0 Å². The molecule has 0 saturated heterocycles. The van der Waals surface area contributed by atoms with Gasteiger partial charge < -0.3 is 19.5 Å². The number of methoxy groups -OCH3 is 1. The van der Waals surface area contributed by atoms with Crippen molar-refractivity contribution in [2.45, 2.75) is 6.42 Å². The molecule has 0 fully saturated rings. The van der Waals surface area contributed by atoms with Gasteiger partial charge in [-0.15, -0.1) is 0 Å². The normalized spacial score (nSPS) is 12.2. The van der Waals surface area contributed by atoms with Gasteiger partial charge in [-0.3, -0.25) is 14.9 Å². The molecule has 10 heteroatoms. The third-order valence-electron chi connectivity index (χ3n) is 3.92. The number of aromatic nitrogens is 1. The number of carbonyl (C=O) groups is 1. The maximum Gasteiger partial charge on any atom is 0.274 e. The Kier molecular flexibility index (Phi) is 4.24. The molecular weight excluding hydrogens is 374 g/mol. The van der Waals surface area contributed by atoms with Gasteiger partial charge in [0.25, 0.3) is 5.69 Å². The number of fused-ring (bicyclic) bond motifs is 2. The number of nitrogens with one attached hydrogen (secondary N) is 1. The smallest absolute Gasteiger partial charge is 0.274 e. The maximum absolute atomic E-state index is 12.3. The SMILES string of the molecule is COc1cc([N+](=O)[O-])cc2sc(NC(=O)Cc3ccc4c(c3)OCO4)nc12. The van der Waals surface area contributed by atoms with Gasteiger partial charge in [0.05, 0.1) is 29.2 Å². The van der Waals surface area contributed by atoms with Crippen LogP contribution >= 0.6 is 11.3 Å². The Balaban J connectivity index is 1.54. The summed E-state index contributed by atoms with van der Waals surface area (Å²) < 4.78 is 16.3. The van der Waals surface area contributed by atoms with Gasteiger partial charge in [0.15, 0.2) is 22.4 Å². The summed E-state index contributed by atoms with van der Waals surface area (Å²) in [5, 5.41) is 14.1. The zero-order chi connectivity index (χ0) is 19.0. The van der Waals surface area contributed by atoms with Gasteiger partial charge in [0.1, 0.15) is 5.52 Å². The predicted octanol–water partition coefficient (Wildman–Crippen LogP) is 3.12. The number of ether oxygens (including phenoxy) is 3. The molecule has 1 amide bonds. The van der Waals surface area contributed by atoms with E-state index in [0.29, 0.717) is 26.8 Å². The molecule has 0 radical (unpaired) electrons. The predicted molar refractivity (Wildman–Crippen MR) is 97.7 cm³/mol. The largest absolute Gasteiger partial charge is 0.494 e. The number of benzene rings is 2. The van der Waals surface area contributed by atoms with E-state index in [2.05, 4.69) is 10.3 Å². The van der Waals surface area contributed by atoms with Crippen molar-refractivity contribution in [3.05, 3.63) is 46.0 Å². The molecular formula is C17H13N3O6S. The average molecular weight is 387 g/mol. The Morgan fingerprint density at radius 1 is 1.33 bits per heavy atom. The Labute approximate surface area is 156 Å². The van der Waals surface area contributed by atoms with Crippen molar-refractivity contribution in [3.8, 4) is 17.2 Å². The molecule has 27 heavy (non-hydrogen) atoms. The molecule has 3 aromatic rings. The first-order chi connectivity index (χ1) is 13.0. The van der Waals surface area contributed by atoms with Crippen molar-refractivity contribution < 1.29 is 23.9 Å². The molecule has 2 aromatic carbocycles. The zero-order valence-corrected chi connectivity index (χ0v) is 14.9. The maximum atomic E-state index is 12.3. The van der Waals surface area contributed by atoms with E-state index >= 15 is 0 Å². The van der Waals surface area contributed by atoms with Crippen LogP contribution in [0.4, 0.5) is 10.8 Å². The summed E-state index contributed by atoms with van der Waals surface area (Å²) >= 11 is 1.15. The number of nitro benzene ring substituents is 1. The number of anilines is 1. The third-order valence-corrected chi connectivity index (χ3v) is 4.84. The van der Waals surface area contributed by atoms with E-state index < -0.39 is 4.92 Å². The second-order valence-electron chi connectivity index (χ2n) is 5.68. The van der Waals surface area contributed by atoms with Crippen LogP contribution in [0.5, 0.6) is 17.2 Å².